The Morgan fingerprint density at radius 1 is 1.04 bits per heavy atom. The number of phenols is 1. The van der Waals surface area contributed by atoms with Crippen LogP contribution in [0.5, 0.6) is 17.2 Å². The number of rotatable bonds is 4. The van der Waals surface area contributed by atoms with Crippen LogP contribution in [0.1, 0.15) is 31.6 Å². The fourth-order valence-electron chi connectivity index (χ4n) is 3.53. The highest BCUT2D eigenvalue weighted by atomic mass is 16.6. The van der Waals surface area contributed by atoms with Crippen LogP contribution in [0.25, 0.3) is 22.1 Å². The Kier molecular flexibility index (Phi) is 4.52. The van der Waals surface area contributed by atoms with Gasteiger partial charge in [0, 0.05) is 12.5 Å². The predicted octanol–water partition coefficient (Wildman–Crippen LogP) is 4.45. The van der Waals surface area contributed by atoms with E-state index in [0.29, 0.717) is 59.8 Å². The van der Waals surface area contributed by atoms with E-state index in [1.165, 1.54) is 0 Å². The van der Waals surface area contributed by atoms with Crippen LogP contribution >= 0.6 is 0 Å². The van der Waals surface area contributed by atoms with Crippen molar-refractivity contribution in [3.63, 3.8) is 0 Å². The Bertz CT molecular complexity index is 1060. The number of phenolic OH excluding ortho intramolecular Hbond substituents is 1. The van der Waals surface area contributed by atoms with Crippen molar-refractivity contribution < 1.29 is 19.0 Å². The standard InChI is InChI=1S/C22H22O5/c1-3-5-13-10-15-19(12-16(13)23)27-17(4-2)21(22(15)24)14-6-7-18-20(11-14)26-9-8-25-18/h6-7,10-12,23H,3-5,8-9H2,1-2H3. The SMILES string of the molecule is CCCc1cc2c(=O)c(-c3ccc4c(c3)OCCO4)c(CC)oc2cc1O. The third kappa shape index (κ3) is 3.03. The first kappa shape index (κ1) is 17.5. The lowest BCUT2D eigenvalue weighted by molar-refractivity contribution is 0.171. The second kappa shape index (κ2) is 6.99. The van der Waals surface area contributed by atoms with E-state index in [1.807, 2.05) is 32.0 Å². The van der Waals surface area contributed by atoms with Gasteiger partial charge in [-0.15, -0.1) is 0 Å². The molecule has 2 heterocycles. The molecule has 0 saturated carbocycles. The largest absolute Gasteiger partial charge is 0.508 e. The number of aryl methyl sites for hydroxylation is 2. The van der Waals surface area contributed by atoms with Gasteiger partial charge in [0.2, 0.25) is 5.43 Å². The summed E-state index contributed by atoms with van der Waals surface area (Å²) in [7, 11) is 0. The molecule has 1 aliphatic rings. The van der Waals surface area contributed by atoms with E-state index < -0.39 is 0 Å². The van der Waals surface area contributed by atoms with Gasteiger partial charge in [-0.3, -0.25) is 4.79 Å². The third-order valence-corrected chi connectivity index (χ3v) is 4.84. The molecule has 0 amide bonds. The lowest BCUT2D eigenvalue weighted by atomic mass is 9.98. The van der Waals surface area contributed by atoms with Crippen molar-refractivity contribution in [2.24, 2.45) is 0 Å². The molecule has 3 aromatic rings. The van der Waals surface area contributed by atoms with E-state index in [4.69, 9.17) is 13.9 Å². The average molecular weight is 366 g/mol. The zero-order valence-electron chi connectivity index (χ0n) is 15.5. The number of benzene rings is 2. The van der Waals surface area contributed by atoms with E-state index in [0.717, 1.165) is 17.5 Å². The molecule has 1 aromatic heterocycles. The Balaban J connectivity index is 1.95. The number of ether oxygens (including phenoxy) is 2. The quantitative estimate of drug-likeness (QED) is 0.739. The first-order valence-corrected chi connectivity index (χ1v) is 9.34. The molecule has 1 aliphatic heterocycles. The first-order chi connectivity index (χ1) is 13.1. The molecule has 5 heteroatoms. The van der Waals surface area contributed by atoms with E-state index in [-0.39, 0.29) is 11.2 Å². The van der Waals surface area contributed by atoms with Crippen LogP contribution in [0.15, 0.2) is 39.5 Å². The van der Waals surface area contributed by atoms with Crippen molar-refractivity contribution in [3.05, 3.63) is 51.9 Å². The second-order valence-corrected chi connectivity index (χ2v) is 6.67. The van der Waals surface area contributed by atoms with Crippen LogP contribution in [0.3, 0.4) is 0 Å². The summed E-state index contributed by atoms with van der Waals surface area (Å²) in [5, 5.41) is 10.7. The number of fused-ring (bicyclic) bond motifs is 2. The molecular formula is C22H22O5. The van der Waals surface area contributed by atoms with E-state index in [1.54, 1.807) is 12.1 Å². The van der Waals surface area contributed by atoms with Gasteiger partial charge in [-0.2, -0.15) is 0 Å². The first-order valence-electron chi connectivity index (χ1n) is 9.34. The van der Waals surface area contributed by atoms with Crippen LogP contribution in [0.2, 0.25) is 0 Å². The summed E-state index contributed by atoms with van der Waals surface area (Å²) < 4.78 is 17.2. The van der Waals surface area contributed by atoms with Gasteiger partial charge in [-0.05, 0) is 35.7 Å². The monoisotopic (exact) mass is 366 g/mol. The minimum atomic E-state index is -0.0952. The third-order valence-electron chi connectivity index (χ3n) is 4.84. The normalized spacial score (nSPS) is 13.1. The van der Waals surface area contributed by atoms with Crippen LogP contribution in [-0.4, -0.2) is 18.3 Å². The summed E-state index contributed by atoms with van der Waals surface area (Å²) in [4.78, 5) is 13.3. The van der Waals surface area contributed by atoms with Crippen molar-refractivity contribution in [2.45, 2.75) is 33.1 Å². The second-order valence-electron chi connectivity index (χ2n) is 6.67. The van der Waals surface area contributed by atoms with Gasteiger partial charge < -0.3 is 19.0 Å². The average Bonchev–Trinajstić information content (AvgIpc) is 2.68. The van der Waals surface area contributed by atoms with Gasteiger partial charge in [0.25, 0.3) is 0 Å². The lowest BCUT2D eigenvalue weighted by Crippen LogP contribution is -2.15. The van der Waals surface area contributed by atoms with Crippen molar-refractivity contribution >= 4 is 11.0 Å². The fourth-order valence-corrected chi connectivity index (χ4v) is 3.53. The Morgan fingerprint density at radius 2 is 1.81 bits per heavy atom. The highest BCUT2D eigenvalue weighted by Gasteiger charge is 2.20. The topological polar surface area (TPSA) is 68.9 Å². The molecule has 0 spiro atoms. The van der Waals surface area contributed by atoms with Crippen LogP contribution in [-0.2, 0) is 12.8 Å². The Morgan fingerprint density at radius 3 is 2.56 bits per heavy atom. The van der Waals surface area contributed by atoms with Gasteiger partial charge >= 0.3 is 0 Å². The van der Waals surface area contributed by atoms with Crippen molar-refractivity contribution in [1.82, 2.24) is 0 Å². The molecule has 0 radical (unpaired) electrons. The molecule has 0 atom stereocenters. The Labute approximate surface area is 157 Å². The smallest absolute Gasteiger partial charge is 0.200 e. The molecule has 2 aromatic carbocycles. The zero-order valence-corrected chi connectivity index (χ0v) is 15.5. The highest BCUT2D eigenvalue weighted by Crippen LogP contribution is 2.36. The van der Waals surface area contributed by atoms with Crippen molar-refractivity contribution in [2.75, 3.05) is 13.2 Å². The van der Waals surface area contributed by atoms with Crippen molar-refractivity contribution in [1.29, 1.82) is 0 Å². The minimum absolute atomic E-state index is 0.0952. The predicted molar refractivity (Wildman–Crippen MR) is 104 cm³/mol. The summed E-state index contributed by atoms with van der Waals surface area (Å²) in [6.07, 6.45) is 2.15. The minimum Gasteiger partial charge on any atom is -0.508 e. The van der Waals surface area contributed by atoms with Crippen LogP contribution in [0, 0.1) is 0 Å². The molecule has 0 saturated heterocycles. The van der Waals surface area contributed by atoms with E-state index in [9.17, 15) is 9.90 Å². The maximum Gasteiger partial charge on any atom is 0.200 e. The molecule has 0 fully saturated rings. The Hall–Kier alpha value is -2.95. The zero-order chi connectivity index (χ0) is 19.0. The molecule has 140 valence electrons. The van der Waals surface area contributed by atoms with Crippen molar-refractivity contribution in [3.8, 4) is 28.4 Å². The molecule has 4 rings (SSSR count). The summed E-state index contributed by atoms with van der Waals surface area (Å²) in [6.45, 7) is 4.99. The molecule has 0 bridgehead atoms. The van der Waals surface area contributed by atoms with Gasteiger partial charge in [0.1, 0.15) is 30.3 Å². The highest BCUT2D eigenvalue weighted by molar-refractivity contribution is 5.85. The molecular weight excluding hydrogens is 344 g/mol. The number of hydrogen-bond donors (Lipinski definition) is 1. The fraction of sp³-hybridized carbons (Fsp3) is 0.318. The maximum atomic E-state index is 13.3. The number of hydrogen-bond acceptors (Lipinski definition) is 5. The summed E-state index contributed by atoms with van der Waals surface area (Å²) in [6, 6.07) is 8.82. The summed E-state index contributed by atoms with van der Waals surface area (Å²) in [5.74, 6) is 2.08. The van der Waals surface area contributed by atoms with Gasteiger partial charge in [0.05, 0.1) is 10.9 Å². The van der Waals surface area contributed by atoms with Crippen LogP contribution in [0.4, 0.5) is 0 Å². The lowest BCUT2D eigenvalue weighted by Gasteiger charge is -2.19. The number of aromatic hydroxyl groups is 1. The van der Waals surface area contributed by atoms with Gasteiger partial charge in [0.15, 0.2) is 11.5 Å². The van der Waals surface area contributed by atoms with E-state index in [2.05, 4.69) is 0 Å². The van der Waals surface area contributed by atoms with E-state index >= 15 is 0 Å². The molecule has 5 nitrogen and oxygen atoms in total. The molecule has 1 N–H and O–H groups in total. The molecule has 0 unspecified atom stereocenters. The van der Waals surface area contributed by atoms with Gasteiger partial charge in [-0.1, -0.05) is 26.3 Å². The van der Waals surface area contributed by atoms with Gasteiger partial charge in [-0.25, -0.2) is 0 Å². The summed E-state index contributed by atoms with van der Waals surface area (Å²) in [5.41, 5.74) is 2.36. The summed E-state index contributed by atoms with van der Waals surface area (Å²) >= 11 is 0. The molecule has 27 heavy (non-hydrogen) atoms. The van der Waals surface area contributed by atoms with Crippen LogP contribution < -0.4 is 14.9 Å². The molecule has 0 aliphatic carbocycles. The maximum absolute atomic E-state index is 13.3.